The van der Waals surface area contributed by atoms with Crippen molar-refractivity contribution in [3.8, 4) is 0 Å². The number of carboxylic acids is 1. The maximum atomic E-state index is 12.4. The summed E-state index contributed by atoms with van der Waals surface area (Å²) in [5, 5.41) is 21.2. The van der Waals surface area contributed by atoms with Crippen LogP contribution in [0.15, 0.2) is 0 Å². The van der Waals surface area contributed by atoms with Gasteiger partial charge in [-0.15, -0.1) is 0 Å². The van der Waals surface area contributed by atoms with Gasteiger partial charge in [-0.05, 0) is 31.1 Å². The topological polar surface area (TPSA) is 86.6 Å². The van der Waals surface area contributed by atoms with Crippen LogP contribution in [0.2, 0.25) is 0 Å². The highest BCUT2D eigenvalue weighted by molar-refractivity contribution is 5.85. The van der Waals surface area contributed by atoms with Crippen LogP contribution in [0.5, 0.6) is 0 Å². The zero-order valence-electron chi connectivity index (χ0n) is 12.6. The number of carboxylic acid groups (broad SMARTS) is 1. The Morgan fingerprint density at radius 2 is 1.85 bits per heavy atom. The van der Waals surface area contributed by atoms with E-state index in [9.17, 15) is 14.7 Å². The fourth-order valence-corrected chi connectivity index (χ4v) is 3.04. The number of carbonyl (C=O) groups is 2. The fourth-order valence-electron chi connectivity index (χ4n) is 3.04. The number of aliphatic hydroxyl groups excluding tert-OH is 1. The summed E-state index contributed by atoms with van der Waals surface area (Å²) in [7, 11) is 0. The molecule has 4 atom stereocenters. The summed E-state index contributed by atoms with van der Waals surface area (Å²) in [5.41, 5.74) is 0. The number of nitrogens with one attached hydrogen (secondary N) is 1. The van der Waals surface area contributed by atoms with E-state index in [2.05, 4.69) is 5.32 Å². The number of hydrogen-bond donors (Lipinski definition) is 3. The maximum absolute atomic E-state index is 12.4. The van der Waals surface area contributed by atoms with Crippen molar-refractivity contribution in [1.82, 2.24) is 5.32 Å². The first-order valence-electron chi connectivity index (χ1n) is 7.54. The van der Waals surface area contributed by atoms with Gasteiger partial charge >= 0.3 is 5.97 Å². The molecular formula is C15H27NO4. The SMILES string of the molecule is CCC1C[C@H](C(=O)NC(CCO)C(C)C)[C@H](C(=O)O)C1. The van der Waals surface area contributed by atoms with Gasteiger partial charge in [0.05, 0.1) is 11.8 Å². The van der Waals surface area contributed by atoms with Gasteiger partial charge in [-0.1, -0.05) is 27.2 Å². The second-order valence-corrected chi connectivity index (χ2v) is 6.17. The van der Waals surface area contributed by atoms with Gasteiger partial charge in [-0.2, -0.15) is 0 Å². The van der Waals surface area contributed by atoms with Crippen molar-refractivity contribution in [3.63, 3.8) is 0 Å². The number of hydrogen-bond acceptors (Lipinski definition) is 3. The quantitative estimate of drug-likeness (QED) is 0.664. The number of rotatable bonds is 7. The average Bonchev–Trinajstić information content (AvgIpc) is 2.82. The molecule has 1 aliphatic carbocycles. The maximum Gasteiger partial charge on any atom is 0.307 e. The lowest BCUT2D eigenvalue weighted by atomic mass is 9.93. The number of carbonyl (C=O) groups excluding carboxylic acids is 1. The van der Waals surface area contributed by atoms with Gasteiger partial charge in [0, 0.05) is 12.6 Å². The molecule has 0 aromatic carbocycles. The van der Waals surface area contributed by atoms with Crippen LogP contribution in [0.4, 0.5) is 0 Å². The van der Waals surface area contributed by atoms with Gasteiger partial charge in [0.15, 0.2) is 0 Å². The molecule has 116 valence electrons. The molecule has 3 N–H and O–H groups in total. The van der Waals surface area contributed by atoms with Crippen molar-refractivity contribution < 1.29 is 19.8 Å². The second kappa shape index (κ2) is 7.62. The molecule has 1 fully saturated rings. The van der Waals surface area contributed by atoms with Crippen molar-refractivity contribution in [2.75, 3.05) is 6.61 Å². The van der Waals surface area contributed by atoms with Crippen LogP contribution >= 0.6 is 0 Å². The smallest absolute Gasteiger partial charge is 0.307 e. The third-order valence-electron chi connectivity index (χ3n) is 4.46. The van der Waals surface area contributed by atoms with Gasteiger partial charge in [0.2, 0.25) is 5.91 Å². The lowest BCUT2D eigenvalue weighted by Crippen LogP contribution is -2.44. The van der Waals surface area contributed by atoms with E-state index in [0.29, 0.717) is 25.2 Å². The zero-order chi connectivity index (χ0) is 15.3. The molecule has 2 unspecified atom stereocenters. The Hall–Kier alpha value is -1.10. The Morgan fingerprint density at radius 1 is 1.25 bits per heavy atom. The lowest BCUT2D eigenvalue weighted by Gasteiger charge is -2.24. The Labute approximate surface area is 120 Å². The molecule has 0 radical (unpaired) electrons. The minimum absolute atomic E-state index is 0.0216. The molecule has 1 rings (SSSR count). The van der Waals surface area contributed by atoms with E-state index in [4.69, 9.17) is 5.11 Å². The summed E-state index contributed by atoms with van der Waals surface area (Å²) in [4.78, 5) is 23.7. The Morgan fingerprint density at radius 3 is 2.30 bits per heavy atom. The first-order chi connectivity index (χ1) is 9.40. The molecule has 1 amide bonds. The van der Waals surface area contributed by atoms with E-state index in [1.807, 2.05) is 20.8 Å². The van der Waals surface area contributed by atoms with Crippen LogP contribution in [0.25, 0.3) is 0 Å². The van der Waals surface area contributed by atoms with Gasteiger partial charge in [-0.3, -0.25) is 9.59 Å². The van der Waals surface area contributed by atoms with Gasteiger partial charge in [0.25, 0.3) is 0 Å². The standard InChI is InChI=1S/C15H27NO4/c1-4-10-7-11(12(8-10)15(19)20)14(18)16-13(5-6-17)9(2)3/h9-13,17H,4-8H2,1-3H3,(H,16,18)(H,19,20)/t10?,11-,12+,13?/m0/s1. The third kappa shape index (κ3) is 4.20. The van der Waals surface area contributed by atoms with Crippen molar-refractivity contribution in [2.45, 2.75) is 52.5 Å². The third-order valence-corrected chi connectivity index (χ3v) is 4.46. The van der Waals surface area contributed by atoms with E-state index >= 15 is 0 Å². The van der Waals surface area contributed by atoms with E-state index < -0.39 is 17.8 Å². The lowest BCUT2D eigenvalue weighted by molar-refractivity contribution is -0.146. The largest absolute Gasteiger partial charge is 0.481 e. The monoisotopic (exact) mass is 285 g/mol. The zero-order valence-corrected chi connectivity index (χ0v) is 12.6. The molecule has 1 aliphatic rings. The van der Waals surface area contributed by atoms with Gasteiger partial charge in [0.1, 0.15) is 0 Å². The minimum atomic E-state index is -0.871. The minimum Gasteiger partial charge on any atom is -0.481 e. The first-order valence-corrected chi connectivity index (χ1v) is 7.54. The van der Waals surface area contributed by atoms with Crippen LogP contribution in [-0.2, 0) is 9.59 Å². The molecular weight excluding hydrogens is 258 g/mol. The van der Waals surface area contributed by atoms with E-state index in [-0.39, 0.29) is 24.5 Å². The highest BCUT2D eigenvalue weighted by Crippen LogP contribution is 2.38. The van der Waals surface area contributed by atoms with Crippen molar-refractivity contribution in [3.05, 3.63) is 0 Å². The van der Waals surface area contributed by atoms with Crippen LogP contribution < -0.4 is 5.32 Å². The Balaban J connectivity index is 2.71. The second-order valence-electron chi connectivity index (χ2n) is 6.17. The summed E-state index contributed by atoms with van der Waals surface area (Å²) < 4.78 is 0. The predicted octanol–water partition coefficient (Wildman–Crippen LogP) is 1.65. The molecule has 0 heterocycles. The van der Waals surface area contributed by atoms with Crippen LogP contribution in [0, 0.1) is 23.7 Å². The highest BCUT2D eigenvalue weighted by Gasteiger charge is 2.42. The molecule has 20 heavy (non-hydrogen) atoms. The van der Waals surface area contributed by atoms with Crippen LogP contribution in [-0.4, -0.2) is 34.7 Å². The van der Waals surface area contributed by atoms with Crippen molar-refractivity contribution in [2.24, 2.45) is 23.7 Å². The molecule has 0 bridgehead atoms. The van der Waals surface area contributed by atoms with E-state index in [1.165, 1.54) is 0 Å². The van der Waals surface area contributed by atoms with Crippen molar-refractivity contribution >= 4 is 11.9 Å². The molecule has 0 aromatic heterocycles. The number of aliphatic carboxylic acids is 1. The van der Waals surface area contributed by atoms with E-state index in [0.717, 1.165) is 6.42 Å². The molecule has 5 nitrogen and oxygen atoms in total. The van der Waals surface area contributed by atoms with Gasteiger partial charge < -0.3 is 15.5 Å². The first kappa shape index (κ1) is 17.0. The fraction of sp³-hybridized carbons (Fsp3) is 0.867. The van der Waals surface area contributed by atoms with E-state index in [1.54, 1.807) is 0 Å². The molecule has 0 spiro atoms. The molecule has 0 aromatic rings. The summed E-state index contributed by atoms with van der Waals surface area (Å²) in [6.45, 7) is 6.03. The summed E-state index contributed by atoms with van der Waals surface area (Å²) in [5.74, 6) is -1.50. The predicted molar refractivity (Wildman–Crippen MR) is 76.1 cm³/mol. The molecule has 0 saturated heterocycles. The molecule has 5 heteroatoms. The van der Waals surface area contributed by atoms with Crippen molar-refractivity contribution in [1.29, 1.82) is 0 Å². The Bertz CT molecular complexity index is 343. The number of amides is 1. The van der Waals surface area contributed by atoms with Crippen LogP contribution in [0.1, 0.15) is 46.5 Å². The average molecular weight is 285 g/mol. The van der Waals surface area contributed by atoms with Crippen LogP contribution in [0.3, 0.4) is 0 Å². The number of aliphatic hydroxyl groups is 1. The molecule has 1 saturated carbocycles. The summed E-state index contributed by atoms with van der Waals surface area (Å²) in [6, 6.07) is -0.0948. The summed E-state index contributed by atoms with van der Waals surface area (Å²) >= 11 is 0. The highest BCUT2D eigenvalue weighted by atomic mass is 16.4. The summed E-state index contributed by atoms with van der Waals surface area (Å²) in [6.07, 6.45) is 2.67. The normalized spacial score (nSPS) is 27.6. The van der Waals surface area contributed by atoms with Gasteiger partial charge in [-0.25, -0.2) is 0 Å². The Kier molecular flexibility index (Phi) is 6.46. The molecule has 0 aliphatic heterocycles.